The molecule has 2 aromatic rings. The molecule has 0 spiro atoms. The van der Waals surface area contributed by atoms with E-state index in [1.807, 2.05) is 36.4 Å². The van der Waals surface area contributed by atoms with Crippen molar-refractivity contribution in [3.8, 4) is 5.75 Å². The Labute approximate surface area is 128 Å². The van der Waals surface area contributed by atoms with E-state index in [1.165, 1.54) is 0 Å². The first-order chi connectivity index (χ1) is 10.1. The summed E-state index contributed by atoms with van der Waals surface area (Å²) in [6.45, 7) is 0. The zero-order valence-corrected chi connectivity index (χ0v) is 12.2. The Hall–Kier alpha value is -2.04. The fourth-order valence-corrected chi connectivity index (χ4v) is 2.68. The van der Waals surface area contributed by atoms with E-state index in [0.29, 0.717) is 5.02 Å². The molecule has 1 aliphatic heterocycles. The van der Waals surface area contributed by atoms with Crippen molar-refractivity contribution in [3.05, 3.63) is 59.1 Å². The number of ether oxygens (including phenoxy) is 1. The fourth-order valence-electron chi connectivity index (χ4n) is 2.56. The summed E-state index contributed by atoms with van der Waals surface area (Å²) < 4.78 is 5.13. The summed E-state index contributed by atoms with van der Waals surface area (Å²) in [6, 6.07) is 14.1. The molecule has 2 atom stereocenters. The Morgan fingerprint density at radius 1 is 1.10 bits per heavy atom. The zero-order chi connectivity index (χ0) is 15.0. The van der Waals surface area contributed by atoms with Crippen molar-refractivity contribution in [2.45, 2.75) is 12.1 Å². The van der Waals surface area contributed by atoms with Gasteiger partial charge in [-0.1, -0.05) is 23.7 Å². The predicted octanol–water partition coefficient (Wildman–Crippen LogP) is 2.76. The van der Waals surface area contributed by atoms with Crippen LogP contribution in [0.4, 0.5) is 5.69 Å². The second kappa shape index (κ2) is 5.39. The standard InChI is InChI=1S/C16H15ClN2O2/c1-21-13-8-6-12(7-9-13)19-15(14(18)16(19)20)10-2-4-11(17)5-3-10/h2-9,14-15H,18H2,1H3/t14-,15+/m1/s1. The minimum absolute atomic E-state index is 0.0832. The van der Waals surface area contributed by atoms with E-state index in [-0.39, 0.29) is 11.9 Å². The summed E-state index contributed by atoms with van der Waals surface area (Å²) in [5, 5.41) is 0.661. The molecule has 0 radical (unpaired) electrons. The molecule has 0 bridgehead atoms. The van der Waals surface area contributed by atoms with Gasteiger partial charge >= 0.3 is 0 Å². The first kappa shape index (κ1) is 13.9. The van der Waals surface area contributed by atoms with Crippen LogP contribution >= 0.6 is 11.6 Å². The lowest BCUT2D eigenvalue weighted by molar-refractivity contribution is -0.126. The number of carbonyl (C=O) groups is 1. The molecular formula is C16H15ClN2O2. The van der Waals surface area contributed by atoms with E-state index >= 15 is 0 Å². The van der Waals surface area contributed by atoms with Crippen LogP contribution in [0.5, 0.6) is 5.75 Å². The third kappa shape index (κ3) is 2.37. The van der Waals surface area contributed by atoms with Gasteiger partial charge in [-0.15, -0.1) is 0 Å². The number of anilines is 1. The van der Waals surface area contributed by atoms with Crippen molar-refractivity contribution in [2.75, 3.05) is 12.0 Å². The SMILES string of the molecule is COc1ccc(N2C(=O)[C@H](N)[C@@H]2c2ccc(Cl)cc2)cc1. The summed E-state index contributed by atoms with van der Waals surface area (Å²) in [7, 11) is 1.61. The average Bonchev–Trinajstić information content (AvgIpc) is 2.53. The van der Waals surface area contributed by atoms with Gasteiger partial charge in [-0.2, -0.15) is 0 Å². The summed E-state index contributed by atoms with van der Waals surface area (Å²) in [6.07, 6.45) is 0. The van der Waals surface area contributed by atoms with Crippen molar-refractivity contribution in [1.29, 1.82) is 0 Å². The molecule has 2 aromatic carbocycles. The topological polar surface area (TPSA) is 55.6 Å². The van der Waals surface area contributed by atoms with Gasteiger partial charge in [-0.3, -0.25) is 4.79 Å². The molecule has 108 valence electrons. The Morgan fingerprint density at radius 2 is 1.71 bits per heavy atom. The zero-order valence-electron chi connectivity index (χ0n) is 11.5. The van der Waals surface area contributed by atoms with Gasteiger partial charge in [-0.25, -0.2) is 0 Å². The van der Waals surface area contributed by atoms with Crippen LogP contribution in [0.1, 0.15) is 11.6 Å². The van der Waals surface area contributed by atoms with Gasteiger partial charge in [0.2, 0.25) is 5.91 Å². The third-order valence-corrected chi connectivity index (χ3v) is 3.96. The number of methoxy groups -OCH3 is 1. The van der Waals surface area contributed by atoms with Crippen molar-refractivity contribution < 1.29 is 9.53 Å². The minimum Gasteiger partial charge on any atom is -0.497 e. The molecule has 1 heterocycles. The third-order valence-electron chi connectivity index (χ3n) is 3.70. The first-order valence-corrected chi connectivity index (χ1v) is 6.98. The fraction of sp³-hybridized carbons (Fsp3) is 0.188. The Morgan fingerprint density at radius 3 is 2.29 bits per heavy atom. The van der Waals surface area contributed by atoms with Gasteiger partial charge < -0.3 is 15.4 Å². The molecule has 1 aliphatic rings. The quantitative estimate of drug-likeness (QED) is 0.887. The van der Waals surface area contributed by atoms with Gasteiger partial charge in [0, 0.05) is 10.7 Å². The highest BCUT2D eigenvalue weighted by molar-refractivity contribution is 6.30. The summed E-state index contributed by atoms with van der Waals surface area (Å²) in [5.74, 6) is 0.666. The van der Waals surface area contributed by atoms with E-state index < -0.39 is 6.04 Å². The summed E-state index contributed by atoms with van der Waals surface area (Å²) >= 11 is 5.90. The molecule has 2 N–H and O–H groups in total. The van der Waals surface area contributed by atoms with Gasteiger partial charge in [0.15, 0.2) is 0 Å². The number of carbonyl (C=O) groups excluding carboxylic acids is 1. The van der Waals surface area contributed by atoms with Crippen LogP contribution in [0, 0.1) is 0 Å². The minimum atomic E-state index is -0.520. The summed E-state index contributed by atoms with van der Waals surface area (Å²) in [5.41, 5.74) is 7.75. The van der Waals surface area contributed by atoms with Crippen LogP contribution in [-0.2, 0) is 4.79 Å². The molecule has 3 rings (SSSR count). The second-order valence-electron chi connectivity index (χ2n) is 4.93. The van der Waals surface area contributed by atoms with E-state index in [0.717, 1.165) is 17.0 Å². The van der Waals surface area contributed by atoms with Gasteiger partial charge in [0.05, 0.1) is 13.2 Å². The van der Waals surface area contributed by atoms with E-state index in [4.69, 9.17) is 22.1 Å². The number of rotatable bonds is 3. The molecule has 0 aliphatic carbocycles. The number of nitrogens with zero attached hydrogens (tertiary/aromatic N) is 1. The van der Waals surface area contributed by atoms with Crippen molar-refractivity contribution in [2.24, 2.45) is 5.73 Å². The molecule has 4 nitrogen and oxygen atoms in total. The molecular weight excluding hydrogens is 288 g/mol. The smallest absolute Gasteiger partial charge is 0.247 e. The van der Waals surface area contributed by atoms with Gasteiger partial charge in [0.25, 0.3) is 0 Å². The van der Waals surface area contributed by atoms with E-state index in [9.17, 15) is 4.79 Å². The van der Waals surface area contributed by atoms with Crippen LogP contribution in [0.15, 0.2) is 48.5 Å². The highest BCUT2D eigenvalue weighted by atomic mass is 35.5. The van der Waals surface area contributed by atoms with E-state index in [2.05, 4.69) is 0 Å². The van der Waals surface area contributed by atoms with Crippen molar-refractivity contribution >= 4 is 23.2 Å². The molecule has 1 amide bonds. The maximum atomic E-state index is 12.1. The number of halogens is 1. The van der Waals surface area contributed by atoms with Gasteiger partial charge in [-0.05, 0) is 42.0 Å². The number of β-lactam (4-membered cyclic amide) rings is 1. The molecule has 0 saturated carbocycles. The van der Waals surface area contributed by atoms with E-state index in [1.54, 1.807) is 24.1 Å². The lowest BCUT2D eigenvalue weighted by Crippen LogP contribution is -2.63. The Bertz CT molecular complexity index is 655. The van der Waals surface area contributed by atoms with Crippen LogP contribution in [0.25, 0.3) is 0 Å². The van der Waals surface area contributed by atoms with Crippen LogP contribution in [0.2, 0.25) is 5.02 Å². The van der Waals surface area contributed by atoms with Crippen molar-refractivity contribution in [3.63, 3.8) is 0 Å². The second-order valence-corrected chi connectivity index (χ2v) is 5.36. The molecule has 21 heavy (non-hydrogen) atoms. The maximum Gasteiger partial charge on any atom is 0.247 e. The van der Waals surface area contributed by atoms with Crippen LogP contribution in [0.3, 0.4) is 0 Å². The first-order valence-electron chi connectivity index (χ1n) is 6.60. The van der Waals surface area contributed by atoms with Crippen molar-refractivity contribution in [1.82, 2.24) is 0 Å². The molecule has 1 saturated heterocycles. The number of benzene rings is 2. The monoisotopic (exact) mass is 302 g/mol. The largest absolute Gasteiger partial charge is 0.497 e. The number of hydrogen-bond acceptors (Lipinski definition) is 3. The number of hydrogen-bond donors (Lipinski definition) is 1. The molecule has 0 unspecified atom stereocenters. The highest BCUT2D eigenvalue weighted by Gasteiger charge is 2.46. The number of amides is 1. The van der Waals surface area contributed by atoms with Crippen LogP contribution < -0.4 is 15.4 Å². The highest BCUT2D eigenvalue weighted by Crippen LogP contribution is 2.38. The van der Waals surface area contributed by atoms with Gasteiger partial charge in [0.1, 0.15) is 11.8 Å². The Kier molecular flexibility index (Phi) is 3.57. The maximum absolute atomic E-state index is 12.1. The average molecular weight is 303 g/mol. The normalized spacial score (nSPS) is 21.1. The summed E-state index contributed by atoms with van der Waals surface area (Å²) in [4.78, 5) is 13.8. The number of nitrogens with two attached hydrogens (primary N) is 1. The molecule has 0 aromatic heterocycles. The predicted molar refractivity (Wildman–Crippen MR) is 82.6 cm³/mol. The van der Waals surface area contributed by atoms with Crippen LogP contribution in [-0.4, -0.2) is 19.1 Å². The Balaban J connectivity index is 1.92. The molecule has 5 heteroatoms. The molecule has 1 fully saturated rings. The lowest BCUT2D eigenvalue weighted by atomic mass is 9.88. The lowest BCUT2D eigenvalue weighted by Gasteiger charge is -2.45.